The fraction of sp³-hybridized carbons (Fsp3) is 0.138. The van der Waals surface area contributed by atoms with Crippen LogP contribution < -0.4 is 15.5 Å². The molecule has 0 saturated heterocycles. The molecule has 42 heavy (non-hydrogen) atoms. The van der Waals surface area contributed by atoms with E-state index in [2.05, 4.69) is 30.6 Å². The first-order valence-electron chi connectivity index (χ1n) is 12.9. The van der Waals surface area contributed by atoms with Gasteiger partial charge < -0.3 is 19.8 Å². The van der Waals surface area contributed by atoms with Gasteiger partial charge in [-0.15, -0.1) is 0 Å². The number of fused-ring (bicyclic) bond motifs is 2. The molecule has 0 aliphatic rings. The van der Waals surface area contributed by atoms with Gasteiger partial charge in [-0.05, 0) is 54.1 Å². The topological polar surface area (TPSA) is 151 Å². The molecule has 212 valence electrons. The van der Waals surface area contributed by atoms with Crippen molar-refractivity contribution < 1.29 is 13.2 Å². The Balaban J connectivity index is 1.26. The van der Waals surface area contributed by atoms with E-state index in [0.717, 1.165) is 22.2 Å². The summed E-state index contributed by atoms with van der Waals surface area (Å²) < 4.78 is 25.3. The largest absolute Gasteiger partial charge is 0.345 e. The lowest BCUT2D eigenvalue weighted by molar-refractivity contribution is 0.102. The highest BCUT2D eigenvalue weighted by Gasteiger charge is 2.18. The van der Waals surface area contributed by atoms with Gasteiger partial charge in [0.05, 0.1) is 34.3 Å². The molecule has 3 heterocycles. The second-order valence-electron chi connectivity index (χ2n) is 9.92. The van der Waals surface area contributed by atoms with Gasteiger partial charge in [-0.2, -0.15) is 4.98 Å². The van der Waals surface area contributed by atoms with Crippen LogP contribution in [0.4, 0.5) is 29.1 Å². The minimum atomic E-state index is -3.16. The van der Waals surface area contributed by atoms with Crippen LogP contribution in [0.5, 0.6) is 0 Å². The molecule has 0 saturated carbocycles. The molecule has 1 amide bonds. The number of anilines is 5. The number of aryl methyl sites for hydroxylation is 1. The normalized spacial score (nSPS) is 11.6. The zero-order valence-corrected chi connectivity index (χ0v) is 23.8. The number of amides is 1. The molecule has 3 N–H and O–H groups in total. The Morgan fingerprint density at radius 1 is 1.02 bits per heavy atom. The van der Waals surface area contributed by atoms with Gasteiger partial charge in [-0.25, -0.2) is 23.4 Å². The van der Waals surface area contributed by atoms with Gasteiger partial charge in [0.2, 0.25) is 11.9 Å². The Kier molecular flexibility index (Phi) is 6.78. The molecule has 3 aromatic carbocycles. The Labute approximate surface area is 241 Å². The molecule has 12 nitrogen and oxygen atoms in total. The molecular formula is C29H27N9O3S. The Morgan fingerprint density at radius 3 is 2.69 bits per heavy atom. The number of hydrogen-bond donors (Lipinski definition) is 3. The molecule has 0 bridgehead atoms. The number of benzene rings is 3. The number of rotatable bonds is 8. The van der Waals surface area contributed by atoms with Crippen molar-refractivity contribution in [1.82, 2.24) is 29.5 Å². The minimum Gasteiger partial charge on any atom is -0.345 e. The van der Waals surface area contributed by atoms with E-state index >= 15 is 0 Å². The van der Waals surface area contributed by atoms with Crippen LogP contribution in [0, 0.1) is 0 Å². The maximum Gasteiger partial charge on any atom is 0.258 e. The van der Waals surface area contributed by atoms with Crippen molar-refractivity contribution >= 4 is 66.9 Å². The second-order valence-corrected chi connectivity index (χ2v) is 12.1. The number of carbonyl (C=O) groups is 1. The first-order chi connectivity index (χ1) is 20.1. The van der Waals surface area contributed by atoms with Gasteiger partial charge in [-0.3, -0.25) is 10.1 Å². The summed E-state index contributed by atoms with van der Waals surface area (Å²) in [6.07, 6.45) is 4.44. The highest BCUT2D eigenvalue weighted by Crippen LogP contribution is 2.32. The van der Waals surface area contributed by atoms with E-state index in [9.17, 15) is 13.2 Å². The minimum absolute atomic E-state index is 0.0534. The number of aromatic nitrogens is 6. The van der Waals surface area contributed by atoms with E-state index in [1.165, 1.54) is 6.26 Å². The highest BCUT2D eigenvalue weighted by molar-refractivity contribution is 7.89. The van der Waals surface area contributed by atoms with Crippen molar-refractivity contribution in [2.75, 3.05) is 28.8 Å². The van der Waals surface area contributed by atoms with Crippen LogP contribution in [-0.4, -0.2) is 57.1 Å². The van der Waals surface area contributed by atoms with Gasteiger partial charge in [0.1, 0.15) is 11.3 Å². The van der Waals surface area contributed by atoms with E-state index in [1.54, 1.807) is 55.0 Å². The van der Waals surface area contributed by atoms with Crippen LogP contribution in [0.25, 0.3) is 22.1 Å². The smallest absolute Gasteiger partial charge is 0.258 e. The van der Waals surface area contributed by atoms with Crippen molar-refractivity contribution in [2.45, 2.75) is 5.75 Å². The molecule has 13 heteroatoms. The lowest BCUT2D eigenvalue weighted by Crippen LogP contribution is -2.15. The fourth-order valence-corrected chi connectivity index (χ4v) is 5.51. The Morgan fingerprint density at radius 2 is 1.86 bits per heavy atom. The third kappa shape index (κ3) is 5.49. The summed E-state index contributed by atoms with van der Waals surface area (Å²) in [6, 6.07) is 20.0. The molecule has 0 unspecified atom stereocenters. The fourth-order valence-electron chi connectivity index (χ4n) is 4.72. The zero-order chi connectivity index (χ0) is 29.4. The number of para-hydroxylation sites is 1. The van der Waals surface area contributed by atoms with E-state index < -0.39 is 9.84 Å². The van der Waals surface area contributed by atoms with Crippen LogP contribution in [-0.2, 0) is 22.6 Å². The maximum atomic E-state index is 13.1. The van der Waals surface area contributed by atoms with Gasteiger partial charge in [0.15, 0.2) is 9.84 Å². The van der Waals surface area contributed by atoms with Crippen molar-refractivity contribution in [3.05, 3.63) is 90.4 Å². The van der Waals surface area contributed by atoms with Gasteiger partial charge in [0.25, 0.3) is 5.91 Å². The molecule has 0 radical (unpaired) electrons. The highest BCUT2D eigenvalue weighted by atomic mass is 32.2. The molecule has 0 atom stereocenters. The third-order valence-electron chi connectivity index (χ3n) is 6.76. The summed E-state index contributed by atoms with van der Waals surface area (Å²) in [5.74, 6) is 1.02. The van der Waals surface area contributed by atoms with Crippen LogP contribution in [0.2, 0.25) is 0 Å². The number of aromatic amines is 1. The number of hydrogen-bond acceptors (Lipinski definition) is 9. The Hall–Kier alpha value is -5.30. The number of nitrogens with zero attached hydrogens (tertiary/aromatic N) is 6. The summed E-state index contributed by atoms with van der Waals surface area (Å²) in [7, 11) is 0.558. The molecular weight excluding hydrogens is 554 g/mol. The second kappa shape index (κ2) is 10.6. The predicted molar refractivity (Wildman–Crippen MR) is 163 cm³/mol. The number of nitrogens with one attached hydrogen (secondary N) is 3. The lowest BCUT2D eigenvalue weighted by Gasteiger charge is -2.19. The van der Waals surface area contributed by atoms with E-state index in [4.69, 9.17) is 4.98 Å². The van der Waals surface area contributed by atoms with Gasteiger partial charge >= 0.3 is 0 Å². The van der Waals surface area contributed by atoms with Crippen molar-refractivity contribution in [3.63, 3.8) is 0 Å². The first kappa shape index (κ1) is 26.9. The summed E-state index contributed by atoms with van der Waals surface area (Å²) in [4.78, 5) is 35.9. The number of sulfone groups is 1. The SMILES string of the molecule is CN(c1ccnc(Nc2cccc(CS(C)(=O)=O)c2)n1)c1cccc2c1nc(NC(=O)c1ccc3nc[nH]c3c1)n2C. The van der Waals surface area contributed by atoms with Crippen LogP contribution >= 0.6 is 0 Å². The van der Waals surface area contributed by atoms with E-state index in [1.807, 2.05) is 47.8 Å². The maximum absolute atomic E-state index is 13.1. The number of carbonyl (C=O) groups excluding carboxylic acids is 1. The molecule has 0 aliphatic heterocycles. The third-order valence-corrected chi connectivity index (χ3v) is 7.61. The summed E-state index contributed by atoms with van der Waals surface area (Å²) in [5, 5.41) is 6.08. The van der Waals surface area contributed by atoms with Crippen molar-refractivity contribution in [1.29, 1.82) is 0 Å². The van der Waals surface area contributed by atoms with Gasteiger partial charge in [-0.1, -0.05) is 18.2 Å². The zero-order valence-electron chi connectivity index (χ0n) is 23.0. The van der Waals surface area contributed by atoms with Crippen LogP contribution in [0.15, 0.2) is 79.3 Å². The van der Waals surface area contributed by atoms with Crippen molar-refractivity contribution in [2.24, 2.45) is 7.05 Å². The Bertz CT molecular complexity index is 2070. The summed E-state index contributed by atoms with van der Waals surface area (Å²) >= 11 is 0. The average Bonchev–Trinajstić information content (AvgIpc) is 3.56. The molecule has 0 aliphatic carbocycles. The number of H-pyrrole nitrogens is 1. The quantitative estimate of drug-likeness (QED) is 0.235. The van der Waals surface area contributed by atoms with Gasteiger partial charge in [0, 0.05) is 37.8 Å². The first-order valence-corrected chi connectivity index (χ1v) is 15.0. The predicted octanol–water partition coefficient (Wildman–Crippen LogP) is 4.55. The van der Waals surface area contributed by atoms with Crippen LogP contribution in [0.1, 0.15) is 15.9 Å². The standard InChI is InChI=1S/C29H27N9O3S/c1-37(25-12-13-30-28(34-25)33-20-7-4-6-18(14-20)16-42(3,40)41)23-8-5-9-24-26(23)35-29(38(24)2)36-27(39)19-10-11-21-22(15-19)32-17-31-21/h4-15,17H,16H2,1-3H3,(H,31,32)(H,30,33,34)(H,35,36,39). The molecule has 6 aromatic rings. The monoisotopic (exact) mass is 581 g/mol. The summed E-state index contributed by atoms with van der Waals surface area (Å²) in [5.41, 5.74) is 5.68. The van der Waals surface area contributed by atoms with Crippen LogP contribution in [0.3, 0.4) is 0 Å². The molecule has 3 aromatic heterocycles. The van der Waals surface area contributed by atoms with Crippen molar-refractivity contribution in [3.8, 4) is 0 Å². The van der Waals surface area contributed by atoms with E-state index in [0.29, 0.717) is 40.0 Å². The average molecular weight is 582 g/mol. The van der Waals surface area contributed by atoms with E-state index in [-0.39, 0.29) is 11.7 Å². The number of imidazole rings is 2. The summed E-state index contributed by atoms with van der Waals surface area (Å²) in [6.45, 7) is 0. The molecule has 0 fully saturated rings. The lowest BCUT2D eigenvalue weighted by atomic mass is 10.2. The molecule has 0 spiro atoms. The molecule has 6 rings (SSSR count).